The van der Waals surface area contributed by atoms with Crippen LogP contribution in [0.1, 0.15) is 22.3 Å². The van der Waals surface area contributed by atoms with Crippen molar-refractivity contribution in [1.29, 1.82) is 0 Å². The number of amides is 1. The molecular weight excluding hydrogens is 410 g/mol. The second kappa shape index (κ2) is 7.87. The molecule has 0 spiro atoms. The Morgan fingerprint density at radius 1 is 0.933 bits per heavy atom. The van der Waals surface area contributed by atoms with E-state index in [0.717, 1.165) is 17.7 Å². The molecule has 1 aliphatic rings. The lowest BCUT2D eigenvalue weighted by Gasteiger charge is -2.30. The average molecular weight is 428 g/mol. The Morgan fingerprint density at radius 3 is 2.43 bits per heavy atom. The molecule has 30 heavy (non-hydrogen) atoms. The lowest BCUT2D eigenvalue weighted by atomic mass is 10.0. The molecule has 3 aromatic rings. The third-order valence-electron chi connectivity index (χ3n) is 4.93. The zero-order valence-corrected chi connectivity index (χ0v) is 16.6. The average Bonchev–Trinajstić information content (AvgIpc) is 2.75. The van der Waals surface area contributed by atoms with Crippen molar-refractivity contribution in [2.24, 2.45) is 0 Å². The molecule has 1 N–H and O–H groups in total. The Morgan fingerprint density at radius 2 is 1.70 bits per heavy atom. The van der Waals surface area contributed by atoms with Gasteiger partial charge in [0.2, 0.25) is 0 Å². The number of sulfonamides is 1. The van der Waals surface area contributed by atoms with E-state index in [1.54, 1.807) is 48.5 Å². The number of rotatable bonds is 4. The number of aryl methyl sites for hydroxylation is 1. The topological polar surface area (TPSA) is 66.5 Å². The van der Waals surface area contributed by atoms with Crippen molar-refractivity contribution in [3.63, 3.8) is 0 Å². The van der Waals surface area contributed by atoms with Crippen LogP contribution in [0.15, 0.2) is 71.6 Å². The summed E-state index contributed by atoms with van der Waals surface area (Å²) in [6.07, 6.45) is 1.30. The maximum Gasteiger partial charge on any atom is 0.264 e. The number of nitrogens with zero attached hydrogens (tertiary/aromatic N) is 1. The Bertz CT molecular complexity index is 1210. The Hall–Kier alpha value is -3.26. The largest absolute Gasteiger partial charge is 0.322 e. The SMILES string of the molecule is O=C(Nc1ccc2c(c1)CCCN2S(=O)(=O)c1ccccc1)c1ccc(F)c(F)c1. The van der Waals surface area contributed by atoms with Crippen LogP contribution in [0.4, 0.5) is 20.2 Å². The minimum atomic E-state index is -3.69. The highest BCUT2D eigenvalue weighted by molar-refractivity contribution is 7.92. The van der Waals surface area contributed by atoms with Crippen LogP contribution in [0.3, 0.4) is 0 Å². The van der Waals surface area contributed by atoms with Gasteiger partial charge in [0.1, 0.15) is 0 Å². The first-order valence-corrected chi connectivity index (χ1v) is 10.8. The summed E-state index contributed by atoms with van der Waals surface area (Å²) in [7, 11) is -3.69. The normalized spacial score (nSPS) is 13.6. The zero-order valence-electron chi connectivity index (χ0n) is 15.8. The van der Waals surface area contributed by atoms with Gasteiger partial charge in [-0.3, -0.25) is 9.10 Å². The fourth-order valence-electron chi connectivity index (χ4n) is 3.45. The number of benzene rings is 3. The smallest absolute Gasteiger partial charge is 0.264 e. The third kappa shape index (κ3) is 3.78. The Labute approximate surface area is 173 Å². The van der Waals surface area contributed by atoms with Gasteiger partial charge in [0.25, 0.3) is 15.9 Å². The molecule has 0 unspecified atom stereocenters. The number of halogens is 2. The fraction of sp³-hybridized carbons (Fsp3) is 0.136. The highest BCUT2D eigenvalue weighted by Gasteiger charge is 2.29. The summed E-state index contributed by atoms with van der Waals surface area (Å²) >= 11 is 0. The number of carbonyl (C=O) groups excluding carboxylic acids is 1. The molecule has 8 heteroatoms. The van der Waals surface area contributed by atoms with Gasteiger partial charge >= 0.3 is 0 Å². The molecule has 0 bridgehead atoms. The van der Waals surface area contributed by atoms with Gasteiger partial charge in [0, 0.05) is 17.8 Å². The van der Waals surface area contributed by atoms with Crippen LogP contribution in [0.2, 0.25) is 0 Å². The van der Waals surface area contributed by atoms with Crippen molar-refractivity contribution in [1.82, 2.24) is 0 Å². The van der Waals surface area contributed by atoms with Crippen LogP contribution >= 0.6 is 0 Å². The van der Waals surface area contributed by atoms with Crippen LogP contribution in [0.5, 0.6) is 0 Å². The van der Waals surface area contributed by atoms with Crippen molar-refractivity contribution in [3.8, 4) is 0 Å². The molecule has 0 aliphatic carbocycles. The lowest BCUT2D eigenvalue weighted by Crippen LogP contribution is -2.35. The standard InChI is InChI=1S/C22H18F2N2O3S/c23-19-10-8-16(14-20(19)24)22(27)25-17-9-11-21-15(13-17)5-4-12-26(21)30(28,29)18-6-2-1-3-7-18/h1-3,6-11,13-14H,4-5,12H2,(H,25,27). The van der Waals surface area contributed by atoms with Crippen molar-refractivity contribution < 1.29 is 22.0 Å². The minimum absolute atomic E-state index is 0.0140. The van der Waals surface area contributed by atoms with Gasteiger partial charge in [-0.05, 0) is 66.9 Å². The fourth-order valence-corrected chi connectivity index (χ4v) is 5.01. The summed E-state index contributed by atoms with van der Waals surface area (Å²) in [5.74, 6) is -2.71. The Balaban J connectivity index is 1.60. The highest BCUT2D eigenvalue weighted by Crippen LogP contribution is 2.33. The molecule has 0 aromatic heterocycles. The van der Waals surface area contributed by atoms with E-state index in [-0.39, 0.29) is 10.5 Å². The maximum absolute atomic E-state index is 13.4. The molecule has 0 radical (unpaired) electrons. The number of nitrogens with one attached hydrogen (secondary N) is 1. The monoisotopic (exact) mass is 428 g/mol. The van der Waals surface area contributed by atoms with Crippen molar-refractivity contribution in [3.05, 3.63) is 89.5 Å². The van der Waals surface area contributed by atoms with Gasteiger partial charge in [0.15, 0.2) is 11.6 Å². The first-order valence-electron chi connectivity index (χ1n) is 9.33. The Kier molecular flexibility index (Phi) is 5.26. The summed E-state index contributed by atoms with van der Waals surface area (Å²) in [4.78, 5) is 12.6. The lowest BCUT2D eigenvalue weighted by molar-refractivity contribution is 0.102. The van der Waals surface area contributed by atoms with Gasteiger partial charge < -0.3 is 5.32 Å². The molecule has 0 saturated heterocycles. The number of carbonyl (C=O) groups is 1. The summed E-state index contributed by atoms with van der Waals surface area (Å²) in [6.45, 7) is 0.366. The molecule has 0 atom stereocenters. The summed E-state index contributed by atoms with van der Waals surface area (Å²) in [5, 5.41) is 2.64. The number of hydrogen-bond donors (Lipinski definition) is 1. The van der Waals surface area contributed by atoms with Crippen molar-refractivity contribution in [2.75, 3.05) is 16.2 Å². The molecule has 1 amide bonds. The summed E-state index contributed by atoms with van der Waals surface area (Å²) in [6, 6.07) is 16.1. The number of hydrogen-bond acceptors (Lipinski definition) is 3. The molecule has 3 aromatic carbocycles. The summed E-state index contributed by atoms with van der Waals surface area (Å²) in [5.41, 5.74) is 1.78. The highest BCUT2D eigenvalue weighted by atomic mass is 32.2. The van der Waals surface area contributed by atoms with Crippen LogP contribution < -0.4 is 9.62 Å². The molecular formula is C22H18F2N2O3S. The second-order valence-electron chi connectivity index (χ2n) is 6.92. The van der Waals surface area contributed by atoms with Crippen LogP contribution in [-0.2, 0) is 16.4 Å². The second-order valence-corrected chi connectivity index (χ2v) is 8.78. The molecule has 1 heterocycles. The van der Waals surface area contributed by atoms with Gasteiger partial charge in [0.05, 0.1) is 10.6 Å². The van der Waals surface area contributed by atoms with Gasteiger partial charge in [-0.1, -0.05) is 18.2 Å². The molecule has 0 fully saturated rings. The maximum atomic E-state index is 13.4. The molecule has 1 aliphatic heterocycles. The van der Waals surface area contributed by atoms with E-state index in [0.29, 0.717) is 30.8 Å². The number of fused-ring (bicyclic) bond motifs is 1. The van der Waals surface area contributed by atoms with Crippen molar-refractivity contribution in [2.45, 2.75) is 17.7 Å². The van der Waals surface area contributed by atoms with Gasteiger partial charge in [-0.25, -0.2) is 17.2 Å². The van der Waals surface area contributed by atoms with Gasteiger partial charge in [-0.15, -0.1) is 0 Å². The van der Waals surface area contributed by atoms with Crippen molar-refractivity contribution >= 4 is 27.3 Å². The quantitative estimate of drug-likeness (QED) is 0.672. The zero-order chi connectivity index (χ0) is 21.3. The summed E-state index contributed by atoms with van der Waals surface area (Å²) < 4.78 is 53.9. The van der Waals surface area contributed by atoms with E-state index in [1.807, 2.05) is 0 Å². The molecule has 4 rings (SSSR count). The minimum Gasteiger partial charge on any atom is -0.322 e. The predicted octanol–water partition coefficient (Wildman–Crippen LogP) is 4.36. The van der Waals surface area contributed by atoms with E-state index in [4.69, 9.17) is 0 Å². The van der Waals surface area contributed by atoms with E-state index in [1.165, 1.54) is 10.4 Å². The first kappa shape index (κ1) is 20.0. The van der Waals surface area contributed by atoms with Crippen LogP contribution in [0.25, 0.3) is 0 Å². The number of anilines is 2. The van der Waals surface area contributed by atoms with Crippen LogP contribution in [0, 0.1) is 11.6 Å². The van der Waals surface area contributed by atoms with Crippen LogP contribution in [-0.4, -0.2) is 20.9 Å². The van der Waals surface area contributed by atoms with Gasteiger partial charge in [-0.2, -0.15) is 0 Å². The van der Waals surface area contributed by atoms with E-state index in [2.05, 4.69) is 5.32 Å². The van der Waals surface area contributed by atoms with E-state index in [9.17, 15) is 22.0 Å². The predicted molar refractivity (Wildman–Crippen MR) is 110 cm³/mol. The van der Waals surface area contributed by atoms with E-state index < -0.39 is 27.6 Å². The molecule has 0 saturated carbocycles. The molecule has 5 nitrogen and oxygen atoms in total. The third-order valence-corrected chi connectivity index (χ3v) is 6.75. The first-order chi connectivity index (χ1) is 14.4. The van der Waals surface area contributed by atoms with E-state index >= 15 is 0 Å². The molecule has 154 valence electrons.